The summed E-state index contributed by atoms with van der Waals surface area (Å²) >= 11 is 6.31. The number of H-pyrrole nitrogens is 1. The van der Waals surface area contributed by atoms with Crippen molar-refractivity contribution in [2.45, 2.75) is 25.3 Å². The van der Waals surface area contributed by atoms with Gasteiger partial charge in [-0.05, 0) is 47.0 Å². The summed E-state index contributed by atoms with van der Waals surface area (Å²) in [5.74, 6) is -1.80. The molecule has 16 heteroatoms. The van der Waals surface area contributed by atoms with E-state index in [2.05, 4.69) is 35.2 Å². The van der Waals surface area contributed by atoms with Crippen LogP contribution in [0.2, 0.25) is 5.02 Å². The van der Waals surface area contributed by atoms with Gasteiger partial charge in [-0.3, -0.25) is 4.79 Å². The summed E-state index contributed by atoms with van der Waals surface area (Å²) in [5.41, 5.74) is 5.50. The third kappa shape index (κ3) is 5.66. The first-order chi connectivity index (χ1) is 20.7. The quantitative estimate of drug-likeness (QED) is 0.234. The molecule has 0 saturated heterocycles. The van der Waals surface area contributed by atoms with E-state index in [-0.39, 0.29) is 28.9 Å². The molecule has 1 aliphatic rings. The maximum atomic E-state index is 15.2. The van der Waals surface area contributed by atoms with Crippen LogP contribution in [0.25, 0.3) is 28.1 Å². The molecule has 1 aliphatic carbocycles. The number of imidazole rings is 1. The van der Waals surface area contributed by atoms with Crippen molar-refractivity contribution in [3.05, 3.63) is 82.0 Å². The van der Waals surface area contributed by atoms with E-state index in [4.69, 9.17) is 22.1 Å². The van der Waals surface area contributed by atoms with Crippen molar-refractivity contribution in [3.63, 3.8) is 0 Å². The Morgan fingerprint density at radius 3 is 2.63 bits per heavy atom. The second kappa shape index (κ2) is 11.2. The first-order valence-electron chi connectivity index (χ1n) is 12.9. The van der Waals surface area contributed by atoms with Gasteiger partial charge < -0.3 is 24.8 Å². The number of carbonyl (C=O) groups is 1. The molecule has 0 bridgehead atoms. The van der Waals surface area contributed by atoms with E-state index >= 15 is 4.39 Å². The highest BCUT2D eigenvalue weighted by molar-refractivity contribution is 6.31. The average Bonchev–Trinajstić information content (AvgIpc) is 3.46. The zero-order chi connectivity index (χ0) is 30.2. The van der Waals surface area contributed by atoms with Crippen LogP contribution >= 0.6 is 11.6 Å². The van der Waals surface area contributed by atoms with Crippen LogP contribution in [-0.2, 0) is 0 Å². The monoisotopic (exact) mass is 609 g/mol. The lowest BCUT2D eigenvalue weighted by Crippen LogP contribution is -2.26. The van der Waals surface area contributed by atoms with Crippen molar-refractivity contribution < 1.29 is 23.0 Å². The molecule has 43 heavy (non-hydrogen) atoms. The number of nitrogens with two attached hydrogens (primary N) is 1. The summed E-state index contributed by atoms with van der Waals surface area (Å²) in [6.45, 7) is 0. The Morgan fingerprint density at radius 1 is 1.14 bits per heavy atom. The Hall–Kier alpha value is -5.18. The largest absolute Gasteiger partial charge is 0.495 e. The summed E-state index contributed by atoms with van der Waals surface area (Å²) in [5, 5.41) is 11.7. The van der Waals surface area contributed by atoms with Gasteiger partial charge in [0.2, 0.25) is 17.8 Å². The second-order valence-corrected chi connectivity index (χ2v) is 10.2. The topological polar surface area (TPSA) is 169 Å². The lowest BCUT2D eigenvalue weighted by Gasteiger charge is -2.21. The van der Waals surface area contributed by atoms with Crippen molar-refractivity contribution in [3.8, 4) is 39.7 Å². The fraction of sp³-hybridized carbons (Fsp3) is 0.222. The van der Waals surface area contributed by atoms with Crippen LogP contribution in [0.5, 0.6) is 11.6 Å². The molecular formula is C27H22ClF2N9O4. The number of hydrogen-bond donors (Lipinski definition) is 2. The number of methoxy groups -OCH3 is 1. The highest BCUT2D eigenvalue weighted by atomic mass is 35.5. The number of hydrogen-bond acceptors (Lipinski definition) is 9. The Kier molecular flexibility index (Phi) is 7.31. The van der Waals surface area contributed by atoms with E-state index in [1.807, 2.05) is 0 Å². The Labute approximate surface area is 246 Å². The van der Waals surface area contributed by atoms with Gasteiger partial charge in [-0.2, -0.15) is 18.4 Å². The average molecular weight is 610 g/mol. The number of tetrazole rings is 1. The van der Waals surface area contributed by atoms with E-state index in [1.165, 1.54) is 47.1 Å². The van der Waals surface area contributed by atoms with Gasteiger partial charge in [0.15, 0.2) is 0 Å². The number of aromatic amines is 1. The van der Waals surface area contributed by atoms with Crippen LogP contribution in [0.1, 0.15) is 31.1 Å². The van der Waals surface area contributed by atoms with Crippen LogP contribution in [0.3, 0.4) is 0 Å². The molecule has 1 unspecified atom stereocenters. The highest BCUT2D eigenvalue weighted by Crippen LogP contribution is 2.41. The number of rotatable bonds is 9. The van der Waals surface area contributed by atoms with Gasteiger partial charge in [-0.1, -0.05) is 24.4 Å². The normalized spacial score (nSPS) is 13.6. The minimum absolute atomic E-state index is 0.102. The zero-order valence-corrected chi connectivity index (χ0v) is 23.1. The fourth-order valence-electron chi connectivity index (χ4n) is 4.84. The first-order valence-corrected chi connectivity index (χ1v) is 13.3. The van der Waals surface area contributed by atoms with Crippen molar-refractivity contribution in [2.75, 3.05) is 7.11 Å². The number of pyridine rings is 2. The summed E-state index contributed by atoms with van der Waals surface area (Å²) in [4.78, 5) is 35.0. The third-order valence-corrected chi connectivity index (χ3v) is 7.22. The zero-order valence-electron chi connectivity index (χ0n) is 22.4. The van der Waals surface area contributed by atoms with Gasteiger partial charge in [0.25, 0.3) is 5.56 Å². The Bertz CT molecular complexity index is 1890. The lowest BCUT2D eigenvalue weighted by atomic mass is 10.0. The molecule has 0 radical (unpaired) electrons. The molecule has 0 aliphatic heterocycles. The van der Waals surface area contributed by atoms with Crippen LogP contribution in [-0.4, -0.2) is 52.9 Å². The molecule has 1 saturated carbocycles. The molecule has 6 rings (SSSR count). The molecule has 5 aromatic rings. The number of primary amides is 1. The van der Waals surface area contributed by atoms with Gasteiger partial charge >= 0.3 is 6.09 Å². The number of aromatic nitrogens is 8. The Balaban J connectivity index is 1.43. The molecule has 13 nitrogen and oxygen atoms in total. The molecule has 1 atom stereocenters. The molecule has 1 aromatic carbocycles. The number of nitrogens with zero attached hydrogens (tertiary/aromatic N) is 7. The van der Waals surface area contributed by atoms with Crippen LogP contribution in [0.15, 0.2) is 53.7 Å². The third-order valence-electron chi connectivity index (χ3n) is 6.99. The Morgan fingerprint density at radius 2 is 1.95 bits per heavy atom. The summed E-state index contributed by atoms with van der Waals surface area (Å²) < 4.78 is 43.1. The molecule has 4 aromatic heterocycles. The molecule has 1 fully saturated rings. The molecule has 3 N–H and O–H groups in total. The van der Waals surface area contributed by atoms with Crippen molar-refractivity contribution in [2.24, 2.45) is 11.7 Å². The maximum absolute atomic E-state index is 15.2. The number of carbonyl (C=O) groups excluding carboxylic acids is 1. The molecular weight excluding hydrogens is 588 g/mol. The van der Waals surface area contributed by atoms with E-state index in [0.29, 0.717) is 34.0 Å². The minimum Gasteiger partial charge on any atom is -0.495 e. The smallest absolute Gasteiger partial charge is 0.411 e. The van der Waals surface area contributed by atoms with Crippen LogP contribution in [0, 0.1) is 17.8 Å². The van der Waals surface area contributed by atoms with Gasteiger partial charge in [0.05, 0.1) is 30.6 Å². The van der Waals surface area contributed by atoms with E-state index in [1.54, 1.807) is 18.2 Å². The summed E-state index contributed by atoms with van der Waals surface area (Å²) in [7, 11) is 1.46. The van der Waals surface area contributed by atoms with Gasteiger partial charge in [-0.25, -0.2) is 9.78 Å². The SMILES string of the molecule is COc1cn(C(CC2CC2)c2nc(F)c(-c3ccc(OC(N)=O)nc3F)[nH]2)c(=O)cc1-c1cc(Cl)ccc1-n1cnnn1. The first kappa shape index (κ1) is 28.0. The summed E-state index contributed by atoms with van der Waals surface area (Å²) in [6, 6.07) is 8.03. The lowest BCUT2D eigenvalue weighted by molar-refractivity contribution is 0.208. The number of nitrogens with one attached hydrogen (secondary N) is 1. The minimum atomic E-state index is -1.17. The number of halogens is 3. The fourth-order valence-corrected chi connectivity index (χ4v) is 5.01. The molecule has 1 amide bonds. The molecule has 0 spiro atoms. The molecule has 4 heterocycles. The molecule has 220 valence electrons. The van der Waals surface area contributed by atoms with Crippen molar-refractivity contribution in [1.29, 1.82) is 0 Å². The van der Waals surface area contributed by atoms with E-state index in [9.17, 15) is 14.0 Å². The van der Waals surface area contributed by atoms with Gasteiger partial charge in [-0.15, -0.1) is 5.10 Å². The van der Waals surface area contributed by atoms with Crippen LogP contribution in [0.4, 0.5) is 13.6 Å². The highest BCUT2D eigenvalue weighted by Gasteiger charge is 2.32. The van der Waals surface area contributed by atoms with Crippen molar-refractivity contribution in [1.82, 2.24) is 39.7 Å². The standard InChI is InChI=1S/C27H22ClF2N9O4/c1-42-20-11-38(22(40)10-17(20)16-9-14(28)4-6-18(16)39-12-32-36-37-39)19(8-13-2-3-13)26-34-23(25(30)35-26)15-5-7-21(33-24(15)29)43-27(31)41/h4-7,9-13,19H,2-3,8H2,1H3,(H2,31,41)(H,34,35). The second-order valence-electron chi connectivity index (χ2n) is 9.81. The van der Waals surface area contributed by atoms with E-state index in [0.717, 1.165) is 12.8 Å². The maximum Gasteiger partial charge on any atom is 0.411 e. The van der Waals surface area contributed by atoms with Crippen LogP contribution < -0.4 is 20.8 Å². The number of benzene rings is 1. The summed E-state index contributed by atoms with van der Waals surface area (Å²) in [6.07, 6.45) is 4.10. The van der Waals surface area contributed by atoms with E-state index < -0.39 is 29.6 Å². The predicted octanol–water partition coefficient (Wildman–Crippen LogP) is 4.06. The van der Waals surface area contributed by atoms with Gasteiger partial charge in [0.1, 0.15) is 23.6 Å². The predicted molar refractivity (Wildman–Crippen MR) is 148 cm³/mol. The number of ether oxygens (including phenoxy) is 2. The van der Waals surface area contributed by atoms with Crippen molar-refractivity contribution >= 4 is 17.7 Å². The number of amides is 1. The van der Waals surface area contributed by atoms with Gasteiger partial charge in [0, 0.05) is 28.3 Å².